The van der Waals surface area contributed by atoms with E-state index in [1.807, 2.05) is 0 Å². The van der Waals surface area contributed by atoms with E-state index in [1.54, 1.807) is 35.9 Å². The molecule has 0 aliphatic rings. The third kappa shape index (κ3) is 3.04. The fourth-order valence-electron chi connectivity index (χ4n) is 2.16. The van der Waals surface area contributed by atoms with E-state index in [0.29, 0.717) is 26.1 Å². The Morgan fingerprint density at radius 1 is 1.12 bits per heavy atom. The molecule has 1 heterocycles. The molecule has 0 atom stereocenters. The Labute approximate surface area is 152 Å². The molecule has 0 N–H and O–H groups in total. The summed E-state index contributed by atoms with van der Waals surface area (Å²) < 4.78 is 36.4. The van der Waals surface area contributed by atoms with Crippen molar-refractivity contribution in [1.82, 2.24) is 4.57 Å². The van der Waals surface area contributed by atoms with Gasteiger partial charge in [0.2, 0.25) is 4.80 Å². The van der Waals surface area contributed by atoms with E-state index in [-0.39, 0.29) is 4.90 Å². The van der Waals surface area contributed by atoms with E-state index in [0.717, 1.165) is 4.70 Å². The van der Waals surface area contributed by atoms with Crippen LogP contribution in [0.25, 0.3) is 10.2 Å². The van der Waals surface area contributed by atoms with Gasteiger partial charge in [0.15, 0.2) is 0 Å². The highest BCUT2D eigenvalue weighted by molar-refractivity contribution is 7.90. The lowest BCUT2D eigenvalue weighted by Crippen LogP contribution is -2.13. The van der Waals surface area contributed by atoms with Crippen LogP contribution in [0.4, 0.5) is 0 Å². The van der Waals surface area contributed by atoms with Gasteiger partial charge in [0.25, 0.3) is 10.0 Å². The Morgan fingerprint density at radius 2 is 1.79 bits per heavy atom. The second-order valence-electron chi connectivity index (χ2n) is 4.89. The van der Waals surface area contributed by atoms with Crippen LogP contribution >= 0.6 is 34.5 Å². The Bertz CT molecular complexity index is 1080. The molecule has 2 aromatic carbocycles. The monoisotopic (exact) mass is 402 g/mol. The molecule has 126 valence electrons. The van der Waals surface area contributed by atoms with Gasteiger partial charge in [-0.05, 0) is 36.4 Å². The normalized spacial score (nSPS) is 12.8. The first-order valence-electron chi connectivity index (χ1n) is 6.72. The standard InChI is InChI=1S/C15H12Cl2N2O3S2/c1-19-14-12(8-7-11(16)13(14)17)23-15(19)18-24(20,21)10-5-3-9(22-2)4-6-10/h3-8H,1-2H3/b18-15-. The minimum Gasteiger partial charge on any atom is -0.497 e. The lowest BCUT2D eigenvalue weighted by atomic mass is 10.3. The number of benzene rings is 2. The summed E-state index contributed by atoms with van der Waals surface area (Å²) in [5.41, 5.74) is 0.651. The van der Waals surface area contributed by atoms with E-state index in [4.69, 9.17) is 27.9 Å². The van der Waals surface area contributed by atoms with Gasteiger partial charge in [-0.25, -0.2) is 0 Å². The topological polar surface area (TPSA) is 60.7 Å². The number of aromatic nitrogens is 1. The number of ether oxygens (including phenoxy) is 1. The van der Waals surface area contributed by atoms with Gasteiger partial charge in [-0.15, -0.1) is 4.40 Å². The molecular weight excluding hydrogens is 391 g/mol. The Hall–Kier alpha value is -1.54. The molecule has 5 nitrogen and oxygen atoms in total. The van der Waals surface area contributed by atoms with E-state index in [2.05, 4.69) is 4.40 Å². The molecule has 0 spiro atoms. The molecular formula is C15H12Cl2N2O3S2. The second kappa shape index (κ2) is 6.40. The van der Waals surface area contributed by atoms with Crippen molar-refractivity contribution in [3.8, 4) is 5.75 Å². The molecule has 0 bridgehead atoms. The van der Waals surface area contributed by atoms with Crippen molar-refractivity contribution in [3.63, 3.8) is 0 Å². The minimum atomic E-state index is -3.85. The third-order valence-corrected chi connectivity index (χ3v) is 6.70. The van der Waals surface area contributed by atoms with E-state index in [9.17, 15) is 8.42 Å². The molecule has 3 rings (SSSR count). The Morgan fingerprint density at radius 3 is 2.42 bits per heavy atom. The summed E-state index contributed by atoms with van der Waals surface area (Å²) in [5.74, 6) is 0.572. The van der Waals surface area contributed by atoms with Crippen molar-refractivity contribution in [3.05, 3.63) is 51.2 Å². The van der Waals surface area contributed by atoms with Gasteiger partial charge in [0.1, 0.15) is 5.75 Å². The zero-order chi connectivity index (χ0) is 17.5. The highest BCUT2D eigenvalue weighted by Crippen LogP contribution is 2.31. The van der Waals surface area contributed by atoms with Crippen LogP contribution in [0.1, 0.15) is 0 Å². The predicted octanol–water partition coefficient (Wildman–Crippen LogP) is 3.84. The number of fused-ring (bicyclic) bond motifs is 1. The van der Waals surface area contributed by atoms with Gasteiger partial charge in [0, 0.05) is 7.05 Å². The van der Waals surface area contributed by atoms with Crippen LogP contribution in [0.3, 0.4) is 0 Å². The van der Waals surface area contributed by atoms with E-state index >= 15 is 0 Å². The van der Waals surface area contributed by atoms with Crippen LogP contribution in [0.15, 0.2) is 45.7 Å². The van der Waals surface area contributed by atoms with E-state index in [1.165, 1.54) is 30.6 Å². The smallest absolute Gasteiger partial charge is 0.285 e. The van der Waals surface area contributed by atoms with Crippen LogP contribution in [0.2, 0.25) is 10.0 Å². The van der Waals surface area contributed by atoms with Crippen molar-refractivity contribution in [2.45, 2.75) is 4.90 Å². The molecule has 0 saturated heterocycles. The van der Waals surface area contributed by atoms with Crippen molar-refractivity contribution >= 4 is 54.8 Å². The summed E-state index contributed by atoms with van der Waals surface area (Å²) >= 11 is 13.5. The second-order valence-corrected chi connectivity index (χ2v) is 8.29. The number of halogens is 2. The Kier molecular flexibility index (Phi) is 4.61. The quantitative estimate of drug-likeness (QED) is 0.668. The number of thiazole rings is 1. The average Bonchev–Trinajstić information content (AvgIpc) is 2.87. The number of rotatable bonds is 3. The number of methoxy groups -OCH3 is 1. The summed E-state index contributed by atoms with van der Waals surface area (Å²) in [5, 5.41) is 0.776. The average molecular weight is 403 g/mol. The van der Waals surface area contributed by atoms with Crippen molar-refractivity contribution < 1.29 is 13.2 Å². The van der Waals surface area contributed by atoms with Crippen molar-refractivity contribution in [1.29, 1.82) is 0 Å². The molecule has 0 aliphatic carbocycles. The maximum atomic E-state index is 12.5. The number of aryl methyl sites for hydroxylation is 1. The number of nitrogens with zero attached hydrogens (tertiary/aromatic N) is 2. The van der Waals surface area contributed by atoms with Gasteiger partial charge >= 0.3 is 0 Å². The highest BCUT2D eigenvalue weighted by Gasteiger charge is 2.15. The van der Waals surface area contributed by atoms with Crippen LogP contribution in [0.5, 0.6) is 5.75 Å². The van der Waals surface area contributed by atoms with Crippen LogP contribution in [0, 0.1) is 0 Å². The van der Waals surface area contributed by atoms with Gasteiger partial charge in [-0.3, -0.25) is 0 Å². The fraction of sp³-hybridized carbons (Fsp3) is 0.133. The molecule has 9 heteroatoms. The lowest BCUT2D eigenvalue weighted by molar-refractivity contribution is 0.414. The van der Waals surface area contributed by atoms with Gasteiger partial charge in [0.05, 0.1) is 32.3 Å². The first-order chi connectivity index (χ1) is 11.3. The number of hydrogen-bond acceptors (Lipinski definition) is 4. The molecule has 0 aliphatic heterocycles. The number of sulfonamides is 1. The molecule has 3 aromatic rings. The zero-order valence-corrected chi connectivity index (χ0v) is 15.8. The summed E-state index contributed by atoms with van der Waals surface area (Å²) in [4.78, 5) is 0.398. The van der Waals surface area contributed by atoms with Crippen LogP contribution < -0.4 is 9.54 Å². The molecule has 0 fully saturated rings. The summed E-state index contributed by atoms with van der Waals surface area (Å²) in [6, 6.07) is 9.51. The highest BCUT2D eigenvalue weighted by atomic mass is 35.5. The fourth-order valence-corrected chi connectivity index (χ4v) is 4.92. The largest absolute Gasteiger partial charge is 0.497 e. The van der Waals surface area contributed by atoms with Gasteiger partial charge < -0.3 is 9.30 Å². The van der Waals surface area contributed by atoms with Crippen LogP contribution in [-0.2, 0) is 17.1 Å². The first-order valence-corrected chi connectivity index (χ1v) is 9.73. The van der Waals surface area contributed by atoms with Crippen molar-refractivity contribution in [2.24, 2.45) is 11.4 Å². The lowest BCUT2D eigenvalue weighted by Gasteiger charge is -2.02. The predicted molar refractivity (Wildman–Crippen MR) is 96.6 cm³/mol. The first kappa shape index (κ1) is 17.3. The maximum absolute atomic E-state index is 12.5. The third-order valence-electron chi connectivity index (χ3n) is 3.41. The number of hydrogen-bond donors (Lipinski definition) is 0. The van der Waals surface area contributed by atoms with E-state index < -0.39 is 10.0 Å². The molecule has 0 radical (unpaired) electrons. The molecule has 0 saturated carbocycles. The van der Waals surface area contributed by atoms with Gasteiger partial charge in [-0.1, -0.05) is 34.5 Å². The van der Waals surface area contributed by atoms with Crippen LogP contribution in [-0.4, -0.2) is 20.1 Å². The minimum absolute atomic E-state index is 0.0879. The SMILES string of the molecule is COc1ccc(S(=O)(=O)/N=c2\sc3ccc(Cl)c(Cl)c3n2C)cc1. The Balaban J connectivity index is 2.18. The summed E-state index contributed by atoms with van der Waals surface area (Å²) in [6.07, 6.45) is 0. The molecule has 24 heavy (non-hydrogen) atoms. The zero-order valence-electron chi connectivity index (χ0n) is 12.7. The molecule has 1 aromatic heterocycles. The maximum Gasteiger partial charge on any atom is 0.285 e. The molecule has 0 unspecified atom stereocenters. The summed E-state index contributed by atoms with van der Waals surface area (Å²) in [7, 11) is -0.637. The molecule has 0 amide bonds. The van der Waals surface area contributed by atoms with Crippen molar-refractivity contribution in [2.75, 3.05) is 7.11 Å². The van der Waals surface area contributed by atoms with Gasteiger partial charge in [-0.2, -0.15) is 8.42 Å². The summed E-state index contributed by atoms with van der Waals surface area (Å²) in [6.45, 7) is 0.